The number of nitrogens with zero attached hydrogens (tertiary/aromatic N) is 5. The number of para-hydroxylation sites is 1. The van der Waals surface area contributed by atoms with E-state index in [2.05, 4.69) is 21.8 Å². The Morgan fingerprint density at radius 3 is 2.67 bits per heavy atom. The summed E-state index contributed by atoms with van der Waals surface area (Å²) in [5.74, 6) is -2.06. The predicted molar refractivity (Wildman–Crippen MR) is 115 cm³/mol. The van der Waals surface area contributed by atoms with Gasteiger partial charge in [-0.3, -0.25) is 24.2 Å². The van der Waals surface area contributed by atoms with Gasteiger partial charge >= 0.3 is 5.97 Å². The number of hydrogen-bond acceptors (Lipinski definition) is 8. The minimum Gasteiger partial charge on any atom is -0.480 e. The molecule has 4 rings (SSSR count). The zero-order valence-electron chi connectivity index (χ0n) is 15.7. The molecule has 1 saturated heterocycles. The number of carboxylic acid groups (broad SMARTS) is 1. The molecule has 2 aromatic rings. The summed E-state index contributed by atoms with van der Waals surface area (Å²) in [6.07, 6.45) is 1.56. The summed E-state index contributed by atoms with van der Waals surface area (Å²) in [7, 11) is 0. The predicted octanol–water partition coefficient (Wildman–Crippen LogP) is 2.44. The summed E-state index contributed by atoms with van der Waals surface area (Å²) in [5.41, 5.74) is 1.15. The number of aliphatic carboxylic acids is 1. The molecule has 0 radical (unpaired) electrons. The van der Waals surface area contributed by atoms with Crippen LogP contribution < -0.4 is 4.90 Å². The van der Waals surface area contributed by atoms with Gasteiger partial charge in [0.05, 0.1) is 16.2 Å². The maximum atomic E-state index is 13.2. The number of amidine groups is 1. The van der Waals surface area contributed by atoms with Gasteiger partial charge in [0, 0.05) is 12.1 Å². The van der Waals surface area contributed by atoms with Crippen molar-refractivity contribution in [2.45, 2.75) is 6.92 Å². The molecular weight excluding hydrogens is 426 g/mol. The molecule has 2 aliphatic rings. The zero-order chi connectivity index (χ0) is 21.4. The number of benzene rings is 1. The highest BCUT2D eigenvalue weighted by molar-refractivity contribution is 8.18. The molecule has 0 saturated carbocycles. The Kier molecular flexibility index (Phi) is 5.22. The summed E-state index contributed by atoms with van der Waals surface area (Å²) >= 11 is 2.34. The lowest BCUT2D eigenvalue weighted by Gasteiger charge is -2.13. The molecule has 0 aliphatic carbocycles. The van der Waals surface area contributed by atoms with Crippen molar-refractivity contribution in [3.8, 4) is 0 Å². The second kappa shape index (κ2) is 7.84. The largest absolute Gasteiger partial charge is 0.480 e. The molecule has 1 N–H and O–H groups in total. The quantitative estimate of drug-likeness (QED) is 0.559. The van der Waals surface area contributed by atoms with Crippen LogP contribution in [0.15, 0.2) is 46.8 Å². The Hall–Kier alpha value is -3.31. The van der Waals surface area contributed by atoms with E-state index in [1.807, 2.05) is 0 Å². The van der Waals surface area contributed by atoms with Crippen molar-refractivity contribution < 1.29 is 19.5 Å². The second-order valence-electron chi connectivity index (χ2n) is 6.31. The molecule has 1 aromatic heterocycles. The first-order valence-electron chi connectivity index (χ1n) is 8.77. The van der Waals surface area contributed by atoms with Crippen LogP contribution in [0.2, 0.25) is 0 Å². The van der Waals surface area contributed by atoms with E-state index in [-0.39, 0.29) is 17.0 Å². The first-order chi connectivity index (χ1) is 14.4. The second-order valence-corrected chi connectivity index (χ2v) is 8.45. The number of carboxylic acids is 1. The molecule has 30 heavy (non-hydrogen) atoms. The van der Waals surface area contributed by atoms with E-state index < -0.39 is 24.3 Å². The van der Waals surface area contributed by atoms with E-state index >= 15 is 0 Å². The van der Waals surface area contributed by atoms with E-state index in [0.717, 1.165) is 21.7 Å². The van der Waals surface area contributed by atoms with Gasteiger partial charge in [-0.25, -0.2) is 0 Å². The summed E-state index contributed by atoms with van der Waals surface area (Å²) in [6, 6.07) is 6.81. The average molecular weight is 441 g/mol. The average Bonchev–Trinajstić information content (AvgIpc) is 3.33. The van der Waals surface area contributed by atoms with Crippen LogP contribution in [0, 0.1) is 6.92 Å². The van der Waals surface area contributed by atoms with E-state index in [4.69, 9.17) is 0 Å². The van der Waals surface area contributed by atoms with Crippen molar-refractivity contribution >= 4 is 62.4 Å². The number of carbonyl (C=O) groups excluding carboxylic acids is 2. The Morgan fingerprint density at radius 2 is 2.00 bits per heavy atom. The number of aliphatic imine (C=N–C) groups is 1. The summed E-state index contributed by atoms with van der Waals surface area (Å²) in [5, 5.41) is 18.6. The smallest absolute Gasteiger partial charge is 0.323 e. The molecule has 0 bridgehead atoms. The molecule has 11 heteroatoms. The van der Waals surface area contributed by atoms with Crippen molar-refractivity contribution in [2.75, 3.05) is 18.0 Å². The van der Waals surface area contributed by atoms with Gasteiger partial charge in [0.25, 0.3) is 11.8 Å². The molecule has 3 heterocycles. The van der Waals surface area contributed by atoms with Gasteiger partial charge in [-0.2, -0.15) is 4.99 Å². The van der Waals surface area contributed by atoms with Gasteiger partial charge in [-0.05, 0) is 24.8 Å². The Morgan fingerprint density at radius 1 is 1.23 bits per heavy atom. The number of rotatable bonds is 5. The minimum absolute atomic E-state index is 0.176. The molecule has 0 unspecified atom stereocenters. The van der Waals surface area contributed by atoms with Gasteiger partial charge in [0.15, 0.2) is 5.17 Å². The van der Waals surface area contributed by atoms with Crippen LogP contribution in [0.25, 0.3) is 5.57 Å². The highest BCUT2D eigenvalue weighted by Crippen LogP contribution is 2.44. The molecule has 0 spiro atoms. The lowest BCUT2D eigenvalue weighted by molar-refractivity contribution is -0.136. The third kappa shape index (κ3) is 3.42. The maximum Gasteiger partial charge on any atom is 0.323 e. The normalized spacial score (nSPS) is 19.7. The number of aromatic nitrogens is 2. The summed E-state index contributed by atoms with van der Waals surface area (Å²) in [6.45, 7) is 5.19. The van der Waals surface area contributed by atoms with Gasteiger partial charge < -0.3 is 5.11 Å². The van der Waals surface area contributed by atoms with Gasteiger partial charge in [-0.15, -0.1) is 16.8 Å². The standard InChI is InChI=1S/C19H15N5O4S2/c1-3-8-23-17(28)15(30-19(23)20-18-22-21-10(2)29-18)14-11-6-4-5-7-12(11)24(16(14)27)9-13(25)26/h3-7H,1,8-9H2,2H3,(H,25,26)/b15-14-,20-19+. The number of carbonyl (C=O) groups is 3. The zero-order valence-corrected chi connectivity index (χ0v) is 17.4. The first kappa shape index (κ1) is 20.0. The molecular formula is C19H15N5O4S2. The summed E-state index contributed by atoms with van der Waals surface area (Å²) < 4.78 is 0. The lowest BCUT2D eigenvalue weighted by atomic mass is 10.1. The minimum atomic E-state index is -1.14. The Bertz CT molecular complexity index is 1150. The fourth-order valence-corrected chi connectivity index (χ4v) is 4.83. The van der Waals surface area contributed by atoms with Crippen LogP contribution in [0.3, 0.4) is 0 Å². The van der Waals surface area contributed by atoms with Crippen LogP contribution in [-0.2, 0) is 14.4 Å². The van der Waals surface area contributed by atoms with Crippen LogP contribution >= 0.6 is 23.1 Å². The molecule has 0 atom stereocenters. The van der Waals surface area contributed by atoms with Crippen molar-refractivity contribution in [3.63, 3.8) is 0 Å². The van der Waals surface area contributed by atoms with Crippen LogP contribution in [0.5, 0.6) is 0 Å². The fraction of sp³-hybridized carbons (Fsp3) is 0.158. The number of aryl methyl sites for hydroxylation is 1. The molecule has 1 fully saturated rings. The van der Waals surface area contributed by atoms with Gasteiger partial charge in [-0.1, -0.05) is 35.6 Å². The number of amides is 2. The lowest BCUT2D eigenvalue weighted by Crippen LogP contribution is -2.33. The number of fused-ring (bicyclic) bond motifs is 1. The highest BCUT2D eigenvalue weighted by atomic mass is 32.2. The van der Waals surface area contributed by atoms with E-state index in [9.17, 15) is 19.5 Å². The van der Waals surface area contributed by atoms with Crippen molar-refractivity contribution in [1.82, 2.24) is 15.1 Å². The Labute approximate surface area is 179 Å². The number of anilines is 1. The van der Waals surface area contributed by atoms with Crippen LogP contribution in [-0.4, -0.2) is 56.2 Å². The SMILES string of the molecule is C=CCN1C(=O)/C(=C2/C(=O)N(CC(=O)O)c3ccccc32)S/C1=N/c1nnc(C)s1. The molecule has 2 amide bonds. The third-order valence-electron chi connectivity index (χ3n) is 4.33. The van der Waals surface area contributed by atoms with E-state index in [1.54, 1.807) is 37.3 Å². The molecule has 2 aliphatic heterocycles. The monoisotopic (exact) mass is 441 g/mol. The highest BCUT2D eigenvalue weighted by Gasteiger charge is 2.42. The fourth-order valence-electron chi connectivity index (χ4n) is 3.14. The third-order valence-corrected chi connectivity index (χ3v) is 6.14. The molecule has 152 valence electrons. The van der Waals surface area contributed by atoms with Crippen molar-refractivity contribution in [1.29, 1.82) is 0 Å². The number of hydrogen-bond donors (Lipinski definition) is 1. The topological polar surface area (TPSA) is 116 Å². The Balaban J connectivity index is 1.83. The van der Waals surface area contributed by atoms with Gasteiger partial charge in [0.2, 0.25) is 5.13 Å². The van der Waals surface area contributed by atoms with Crippen LogP contribution in [0.1, 0.15) is 10.6 Å². The van der Waals surface area contributed by atoms with E-state index in [0.29, 0.717) is 21.6 Å². The molecule has 1 aromatic carbocycles. The molecule has 9 nitrogen and oxygen atoms in total. The first-order valence-corrected chi connectivity index (χ1v) is 10.4. The van der Waals surface area contributed by atoms with Crippen LogP contribution in [0.4, 0.5) is 10.8 Å². The van der Waals surface area contributed by atoms with Crippen molar-refractivity contribution in [2.24, 2.45) is 4.99 Å². The summed E-state index contributed by atoms with van der Waals surface area (Å²) in [4.78, 5) is 44.7. The maximum absolute atomic E-state index is 13.2. The van der Waals surface area contributed by atoms with Crippen molar-refractivity contribution in [3.05, 3.63) is 52.4 Å². The van der Waals surface area contributed by atoms with Gasteiger partial charge in [0.1, 0.15) is 11.6 Å². The van der Waals surface area contributed by atoms with E-state index in [1.165, 1.54) is 16.2 Å². The number of thioether (sulfide) groups is 1.